The van der Waals surface area contributed by atoms with Gasteiger partial charge in [-0.05, 0) is 58.5 Å². The summed E-state index contributed by atoms with van der Waals surface area (Å²) in [5, 5.41) is 0. The maximum atomic E-state index is 4.55. The van der Waals surface area contributed by atoms with Crippen molar-refractivity contribution in [1.82, 2.24) is 4.98 Å². The van der Waals surface area contributed by atoms with Crippen molar-refractivity contribution in [2.24, 2.45) is 0 Å². The third kappa shape index (κ3) is 3.24. The number of aromatic nitrogens is 1. The predicted molar refractivity (Wildman–Crippen MR) is 84.7 cm³/mol. The maximum absolute atomic E-state index is 4.55. The first-order valence-corrected chi connectivity index (χ1v) is 7.73. The van der Waals surface area contributed by atoms with Crippen LogP contribution in [0.5, 0.6) is 0 Å². The molecule has 2 aromatic rings. The number of nitrogens with zero attached hydrogens (tertiary/aromatic N) is 1. The van der Waals surface area contributed by atoms with Gasteiger partial charge in [-0.2, -0.15) is 0 Å². The normalized spacial score (nSPS) is 12.6. The molecule has 1 heterocycles. The molecule has 0 spiro atoms. The Hall–Kier alpha value is -1.15. The smallest absolute Gasteiger partial charge is 0.0480 e. The Morgan fingerprint density at radius 1 is 1.00 bits per heavy atom. The maximum Gasteiger partial charge on any atom is 0.0480 e. The molecule has 0 atom stereocenters. The molecule has 0 unspecified atom stereocenters. The summed E-state index contributed by atoms with van der Waals surface area (Å²) in [7, 11) is 0. The minimum absolute atomic E-state index is 0.970. The van der Waals surface area contributed by atoms with Crippen molar-refractivity contribution in [3.05, 3.63) is 62.9 Å². The first-order valence-electron chi connectivity index (χ1n) is 6.94. The second-order valence-electron chi connectivity index (χ2n) is 4.71. The fourth-order valence-electron chi connectivity index (χ4n) is 2.49. The van der Waals surface area contributed by atoms with Gasteiger partial charge in [0, 0.05) is 22.8 Å². The van der Waals surface area contributed by atoms with Crippen LogP contribution in [0.25, 0.3) is 0 Å². The summed E-state index contributed by atoms with van der Waals surface area (Å²) in [5.41, 5.74) is 6.89. The predicted octanol–water partition coefficient (Wildman–Crippen LogP) is 4.87. The van der Waals surface area contributed by atoms with E-state index in [0.29, 0.717) is 0 Å². The number of hydrogen-bond donors (Lipinski definition) is 0. The van der Waals surface area contributed by atoms with Crippen molar-refractivity contribution in [3.8, 4) is 0 Å². The molecule has 1 aromatic heterocycles. The fourth-order valence-corrected chi connectivity index (χ4v) is 2.87. The van der Waals surface area contributed by atoms with E-state index in [1.165, 1.54) is 27.9 Å². The largest absolute Gasteiger partial charge is 0.259 e. The minimum Gasteiger partial charge on any atom is -0.259 e. The van der Waals surface area contributed by atoms with Gasteiger partial charge in [-0.3, -0.25) is 4.98 Å². The summed E-state index contributed by atoms with van der Waals surface area (Å²) in [6.45, 7) is 6.16. The number of benzene rings is 1. The molecule has 0 N–H and O–H groups in total. The van der Waals surface area contributed by atoms with Crippen LogP contribution in [0.1, 0.15) is 41.8 Å². The van der Waals surface area contributed by atoms with Gasteiger partial charge in [0.1, 0.15) is 0 Å². The molecule has 0 amide bonds. The van der Waals surface area contributed by atoms with Gasteiger partial charge in [0.2, 0.25) is 0 Å². The topological polar surface area (TPSA) is 12.9 Å². The number of rotatable bonds is 0. The molecule has 0 bridgehead atoms. The van der Waals surface area contributed by atoms with E-state index in [0.717, 1.165) is 23.7 Å². The third-order valence-corrected chi connectivity index (χ3v) is 3.84. The van der Waals surface area contributed by atoms with Crippen LogP contribution in [0.2, 0.25) is 0 Å². The standard InChI is InChI=1S/C15H14BrN.C2H6/c1-10-2-3-12-8-15-13(5-4-11(12)6-10)7-14(16)9-17-15;1-2/h2-3,6-7,9H,4-5,8H2,1H3;1-2H3. The Bertz CT molecular complexity index is 524. The SMILES string of the molecule is CC.Cc1ccc2c(c1)CCc1cc(Br)cnc1C2. The quantitative estimate of drug-likeness (QED) is 0.675. The monoisotopic (exact) mass is 317 g/mol. The second kappa shape index (κ2) is 6.33. The van der Waals surface area contributed by atoms with E-state index < -0.39 is 0 Å². The Labute approximate surface area is 124 Å². The van der Waals surface area contributed by atoms with Crippen molar-refractivity contribution < 1.29 is 0 Å². The van der Waals surface area contributed by atoms with Crippen LogP contribution in [0.4, 0.5) is 0 Å². The van der Waals surface area contributed by atoms with Crippen LogP contribution in [-0.2, 0) is 19.3 Å². The lowest BCUT2D eigenvalue weighted by Gasteiger charge is -2.06. The molecule has 0 saturated heterocycles. The summed E-state index contributed by atoms with van der Waals surface area (Å²) in [5.74, 6) is 0. The first-order chi connectivity index (χ1) is 9.22. The summed E-state index contributed by atoms with van der Waals surface area (Å²) >= 11 is 3.50. The van der Waals surface area contributed by atoms with Crippen LogP contribution in [0.3, 0.4) is 0 Å². The molecule has 19 heavy (non-hydrogen) atoms. The number of pyridine rings is 1. The molecule has 1 nitrogen and oxygen atoms in total. The fraction of sp³-hybridized carbons (Fsp3) is 0.353. The number of hydrogen-bond acceptors (Lipinski definition) is 1. The lowest BCUT2D eigenvalue weighted by Crippen LogP contribution is -1.96. The highest BCUT2D eigenvalue weighted by Gasteiger charge is 2.14. The Balaban J connectivity index is 0.000000637. The van der Waals surface area contributed by atoms with Crippen LogP contribution >= 0.6 is 15.9 Å². The Morgan fingerprint density at radius 3 is 2.53 bits per heavy atom. The molecule has 3 rings (SSSR count). The van der Waals surface area contributed by atoms with E-state index in [-0.39, 0.29) is 0 Å². The summed E-state index contributed by atoms with van der Waals surface area (Å²) in [6.07, 6.45) is 5.09. The molecule has 0 radical (unpaired) electrons. The molecule has 0 saturated carbocycles. The van der Waals surface area contributed by atoms with Crippen molar-refractivity contribution >= 4 is 15.9 Å². The Kier molecular flexibility index (Phi) is 4.76. The average Bonchev–Trinajstić information content (AvgIpc) is 2.60. The molecule has 0 aliphatic heterocycles. The highest BCUT2D eigenvalue weighted by Crippen LogP contribution is 2.25. The number of aryl methyl sites for hydroxylation is 3. The van der Waals surface area contributed by atoms with Gasteiger partial charge in [0.15, 0.2) is 0 Å². The zero-order valence-corrected chi connectivity index (χ0v) is 13.4. The van der Waals surface area contributed by atoms with Crippen LogP contribution in [0, 0.1) is 6.92 Å². The molecule has 1 aliphatic rings. The molecular formula is C17H20BrN. The van der Waals surface area contributed by atoms with Crippen LogP contribution in [-0.4, -0.2) is 4.98 Å². The van der Waals surface area contributed by atoms with E-state index in [1.54, 1.807) is 0 Å². The number of halogens is 1. The summed E-state index contributed by atoms with van der Waals surface area (Å²) < 4.78 is 1.08. The van der Waals surface area contributed by atoms with Gasteiger partial charge in [-0.1, -0.05) is 37.6 Å². The van der Waals surface area contributed by atoms with Crippen molar-refractivity contribution in [2.45, 2.75) is 40.0 Å². The van der Waals surface area contributed by atoms with Crippen LogP contribution < -0.4 is 0 Å². The lowest BCUT2D eigenvalue weighted by atomic mass is 10.0. The average molecular weight is 318 g/mol. The van der Waals surface area contributed by atoms with E-state index >= 15 is 0 Å². The lowest BCUT2D eigenvalue weighted by molar-refractivity contribution is 0.948. The van der Waals surface area contributed by atoms with Gasteiger partial charge >= 0.3 is 0 Å². The van der Waals surface area contributed by atoms with Crippen molar-refractivity contribution in [3.63, 3.8) is 0 Å². The van der Waals surface area contributed by atoms with E-state index in [1.807, 2.05) is 20.0 Å². The van der Waals surface area contributed by atoms with Gasteiger partial charge in [0.25, 0.3) is 0 Å². The summed E-state index contributed by atoms with van der Waals surface area (Å²) in [4.78, 5) is 4.55. The molecule has 2 heteroatoms. The molecule has 0 fully saturated rings. The zero-order valence-electron chi connectivity index (χ0n) is 11.8. The van der Waals surface area contributed by atoms with E-state index in [4.69, 9.17) is 0 Å². The van der Waals surface area contributed by atoms with Crippen LogP contribution in [0.15, 0.2) is 34.9 Å². The molecular weight excluding hydrogens is 298 g/mol. The highest BCUT2D eigenvalue weighted by atomic mass is 79.9. The van der Waals surface area contributed by atoms with E-state index in [9.17, 15) is 0 Å². The highest BCUT2D eigenvalue weighted by molar-refractivity contribution is 9.10. The molecule has 1 aliphatic carbocycles. The van der Waals surface area contributed by atoms with Gasteiger partial charge in [-0.25, -0.2) is 0 Å². The van der Waals surface area contributed by atoms with Crippen molar-refractivity contribution in [2.75, 3.05) is 0 Å². The van der Waals surface area contributed by atoms with Gasteiger partial charge in [0.05, 0.1) is 0 Å². The van der Waals surface area contributed by atoms with E-state index in [2.05, 4.69) is 52.1 Å². The number of fused-ring (bicyclic) bond motifs is 2. The van der Waals surface area contributed by atoms with Gasteiger partial charge in [-0.15, -0.1) is 0 Å². The Morgan fingerprint density at radius 2 is 1.74 bits per heavy atom. The van der Waals surface area contributed by atoms with Crippen molar-refractivity contribution in [1.29, 1.82) is 0 Å². The zero-order chi connectivity index (χ0) is 13.8. The minimum atomic E-state index is 0.970. The second-order valence-corrected chi connectivity index (χ2v) is 5.62. The third-order valence-electron chi connectivity index (χ3n) is 3.41. The molecule has 1 aromatic carbocycles. The van der Waals surface area contributed by atoms with Gasteiger partial charge < -0.3 is 0 Å². The first kappa shape index (κ1) is 14.3. The molecule has 100 valence electrons. The summed E-state index contributed by atoms with van der Waals surface area (Å²) in [6, 6.07) is 8.98.